The van der Waals surface area contributed by atoms with Crippen LogP contribution in [0.15, 0.2) is 35.3 Å². The number of rotatable bonds is 9. The average molecular weight is 489 g/mol. The smallest absolute Gasteiger partial charge is 0.191 e. The van der Waals surface area contributed by atoms with E-state index in [9.17, 15) is 0 Å². The first kappa shape index (κ1) is 24.1. The molecule has 1 saturated heterocycles. The summed E-state index contributed by atoms with van der Waals surface area (Å²) >= 11 is 0. The van der Waals surface area contributed by atoms with E-state index < -0.39 is 0 Å². The number of guanidine groups is 1. The van der Waals surface area contributed by atoms with Crippen LogP contribution in [0.3, 0.4) is 0 Å². The summed E-state index contributed by atoms with van der Waals surface area (Å²) in [5.41, 5.74) is 1.42. The number of likely N-dealkylation sites (N-methyl/N-ethyl adjacent to an activating group) is 1. The molecular weight excluding hydrogens is 453 g/mol. The molecule has 0 aromatic heterocycles. The second-order valence-electron chi connectivity index (χ2n) is 6.70. The molecule has 0 amide bonds. The Balaban J connectivity index is 0.00000364. The van der Waals surface area contributed by atoms with Crippen LogP contribution in [0.4, 0.5) is 0 Å². The molecule has 1 aromatic carbocycles. The van der Waals surface area contributed by atoms with E-state index in [0.29, 0.717) is 12.6 Å². The van der Waals surface area contributed by atoms with E-state index in [1.807, 2.05) is 14.0 Å². The summed E-state index contributed by atoms with van der Waals surface area (Å²) in [5, 5.41) is 6.67. The van der Waals surface area contributed by atoms with Gasteiger partial charge in [0.1, 0.15) is 0 Å². The lowest BCUT2D eigenvalue weighted by Crippen LogP contribution is -2.47. The molecule has 1 fully saturated rings. The Hall–Kier alpha value is -0.900. The van der Waals surface area contributed by atoms with Crippen LogP contribution in [0.1, 0.15) is 24.9 Å². The van der Waals surface area contributed by atoms with Crippen LogP contribution in [0, 0.1) is 0 Å². The lowest BCUT2D eigenvalue weighted by molar-refractivity contribution is 0.0891. The Bertz CT molecular complexity index is 528. The summed E-state index contributed by atoms with van der Waals surface area (Å²) < 4.78 is 5.34. The zero-order valence-corrected chi connectivity index (χ0v) is 19.3. The van der Waals surface area contributed by atoms with Crippen LogP contribution >= 0.6 is 24.0 Å². The van der Waals surface area contributed by atoms with Crippen LogP contribution in [0.5, 0.6) is 0 Å². The van der Waals surface area contributed by atoms with E-state index in [1.54, 1.807) is 0 Å². The van der Waals surface area contributed by atoms with Crippen molar-refractivity contribution >= 4 is 29.9 Å². The number of ether oxygens (including phenoxy) is 1. The quantitative estimate of drug-likeness (QED) is 0.241. The number of benzene rings is 1. The van der Waals surface area contributed by atoms with Gasteiger partial charge in [-0.2, -0.15) is 0 Å². The van der Waals surface area contributed by atoms with Gasteiger partial charge < -0.3 is 20.3 Å². The molecule has 1 aliphatic heterocycles. The van der Waals surface area contributed by atoms with Gasteiger partial charge in [-0.1, -0.05) is 30.3 Å². The second kappa shape index (κ2) is 14.1. The first-order valence-corrected chi connectivity index (χ1v) is 9.74. The summed E-state index contributed by atoms with van der Waals surface area (Å²) in [7, 11) is 4.02. The number of nitrogens with zero attached hydrogens (tertiary/aromatic N) is 3. The number of halogens is 1. The fourth-order valence-electron chi connectivity index (χ4n) is 3.31. The first-order chi connectivity index (χ1) is 12.7. The number of piperazine rings is 1. The molecule has 1 unspecified atom stereocenters. The zero-order valence-electron chi connectivity index (χ0n) is 17.0. The van der Waals surface area contributed by atoms with Crippen molar-refractivity contribution in [3.05, 3.63) is 35.9 Å². The van der Waals surface area contributed by atoms with Gasteiger partial charge in [-0.25, -0.2) is 0 Å². The number of aliphatic imine (C=N–C) groups is 1. The Morgan fingerprint density at radius 1 is 1.19 bits per heavy atom. The monoisotopic (exact) mass is 489 g/mol. The zero-order chi connectivity index (χ0) is 18.6. The van der Waals surface area contributed by atoms with Gasteiger partial charge in [0.05, 0.1) is 6.61 Å². The van der Waals surface area contributed by atoms with E-state index in [4.69, 9.17) is 4.74 Å². The van der Waals surface area contributed by atoms with E-state index >= 15 is 0 Å². The van der Waals surface area contributed by atoms with E-state index in [0.717, 1.165) is 58.3 Å². The fraction of sp³-hybridized carbons (Fsp3) is 0.650. The molecule has 0 spiro atoms. The van der Waals surface area contributed by atoms with Gasteiger partial charge in [0.2, 0.25) is 0 Å². The highest BCUT2D eigenvalue weighted by Gasteiger charge is 2.25. The highest BCUT2D eigenvalue weighted by Crippen LogP contribution is 2.24. The maximum atomic E-state index is 5.34. The SMILES string of the molecule is CCOCCNC(=NC)NCCCN1CCN(C)CC1c1ccccc1.I. The van der Waals surface area contributed by atoms with Crippen LogP contribution < -0.4 is 10.6 Å². The summed E-state index contributed by atoms with van der Waals surface area (Å²) in [6.07, 6.45) is 1.10. The molecule has 1 heterocycles. The summed E-state index contributed by atoms with van der Waals surface area (Å²) in [6, 6.07) is 11.4. The van der Waals surface area contributed by atoms with Gasteiger partial charge >= 0.3 is 0 Å². The Kier molecular flexibility index (Phi) is 12.6. The van der Waals surface area contributed by atoms with E-state index in [-0.39, 0.29) is 24.0 Å². The minimum Gasteiger partial charge on any atom is -0.380 e. The molecule has 6 nitrogen and oxygen atoms in total. The van der Waals surface area contributed by atoms with Crippen molar-refractivity contribution in [1.82, 2.24) is 20.4 Å². The number of nitrogens with one attached hydrogen (secondary N) is 2. The van der Waals surface area contributed by atoms with Gasteiger partial charge in [0, 0.05) is 59.0 Å². The lowest BCUT2D eigenvalue weighted by Gasteiger charge is -2.40. The van der Waals surface area contributed by atoms with Gasteiger partial charge in [-0.15, -0.1) is 24.0 Å². The highest BCUT2D eigenvalue weighted by molar-refractivity contribution is 14.0. The fourth-order valence-corrected chi connectivity index (χ4v) is 3.31. The molecule has 2 N–H and O–H groups in total. The van der Waals surface area contributed by atoms with Crippen LogP contribution in [0.2, 0.25) is 0 Å². The summed E-state index contributed by atoms with van der Waals surface area (Å²) in [5.74, 6) is 0.850. The summed E-state index contributed by atoms with van der Waals surface area (Å²) in [4.78, 5) is 9.30. The minimum atomic E-state index is 0. The second-order valence-corrected chi connectivity index (χ2v) is 6.70. The molecule has 0 bridgehead atoms. The minimum absolute atomic E-state index is 0. The molecular formula is C20H36IN5O. The predicted molar refractivity (Wildman–Crippen MR) is 124 cm³/mol. The molecule has 0 radical (unpaired) electrons. The van der Waals surface area contributed by atoms with Gasteiger partial charge in [-0.3, -0.25) is 9.89 Å². The topological polar surface area (TPSA) is 52.1 Å². The predicted octanol–water partition coefficient (Wildman–Crippen LogP) is 2.18. The molecule has 1 atom stereocenters. The van der Waals surface area contributed by atoms with Crippen molar-refractivity contribution in [3.63, 3.8) is 0 Å². The largest absolute Gasteiger partial charge is 0.380 e. The standard InChI is InChI=1S/C20H35N5O.HI/c1-4-26-16-12-23-20(21-2)22-11-8-13-25-15-14-24(3)17-19(25)18-9-6-5-7-10-18;/h5-7,9-10,19H,4,8,11-17H2,1-3H3,(H2,21,22,23);1H. The molecule has 1 aromatic rings. The number of hydrogen-bond acceptors (Lipinski definition) is 4. The molecule has 0 saturated carbocycles. The highest BCUT2D eigenvalue weighted by atomic mass is 127. The van der Waals surface area contributed by atoms with Gasteiger partial charge in [-0.05, 0) is 26.0 Å². The van der Waals surface area contributed by atoms with Crippen molar-refractivity contribution in [2.24, 2.45) is 4.99 Å². The normalized spacial score (nSPS) is 18.8. The van der Waals surface area contributed by atoms with Crippen molar-refractivity contribution < 1.29 is 4.74 Å². The van der Waals surface area contributed by atoms with Crippen LogP contribution in [0.25, 0.3) is 0 Å². The molecule has 1 aliphatic rings. The maximum Gasteiger partial charge on any atom is 0.191 e. The van der Waals surface area contributed by atoms with E-state index in [2.05, 4.69) is 62.8 Å². The average Bonchev–Trinajstić information content (AvgIpc) is 2.68. The van der Waals surface area contributed by atoms with Crippen molar-refractivity contribution in [2.45, 2.75) is 19.4 Å². The lowest BCUT2D eigenvalue weighted by atomic mass is 10.0. The Morgan fingerprint density at radius 2 is 1.93 bits per heavy atom. The van der Waals surface area contributed by atoms with Crippen LogP contribution in [-0.2, 0) is 4.74 Å². The molecule has 7 heteroatoms. The maximum absolute atomic E-state index is 5.34. The Morgan fingerprint density at radius 3 is 2.63 bits per heavy atom. The molecule has 27 heavy (non-hydrogen) atoms. The first-order valence-electron chi connectivity index (χ1n) is 9.74. The van der Waals surface area contributed by atoms with Gasteiger partial charge in [0.25, 0.3) is 0 Å². The molecule has 0 aliphatic carbocycles. The van der Waals surface area contributed by atoms with Crippen LogP contribution in [-0.4, -0.2) is 82.3 Å². The van der Waals surface area contributed by atoms with Crippen molar-refractivity contribution in [3.8, 4) is 0 Å². The molecule has 154 valence electrons. The number of hydrogen-bond donors (Lipinski definition) is 2. The van der Waals surface area contributed by atoms with Crippen molar-refractivity contribution in [1.29, 1.82) is 0 Å². The third kappa shape index (κ3) is 8.76. The third-order valence-corrected chi connectivity index (χ3v) is 4.76. The Labute approximate surface area is 181 Å². The van der Waals surface area contributed by atoms with Crippen molar-refractivity contribution in [2.75, 3.05) is 66.6 Å². The summed E-state index contributed by atoms with van der Waals surface area (Å²) in [6.45, 7) is 9.61. The molecule has 2 rings (SSSR count). The third-order valence-electron chi connectivity index (χ3n) is 4.76. The van der Waals surface area contributed by atoms with Gasteiger partial charge in [0.15, 0.2) is 5.96 Å². The van der Waals surface area contributed by atoms with E-state index in [1.165, 1.54) is 5.56 Å².